The van der Waals surface area contributed by atoms with E-state index in [1.807, 2.05) is 0 Å². The second-order valence-electron chi connectivity index (χ2n) is 5.06. The number of nitrogens with one attached hydrogen (secondary N) is 1. The first-order chi connectivity index (χ1) is 10.1. The lowest BCUT2D eigenvalue weighted by atomic mass is 10.0. The molecule has 108 valence electrons. The minimum Gasteiger partial charge on any atom is -0.341 e. The molecule has 2 heterocycles. The number of aryl methyl sites for hydroxylation is 2. The molecule has 1 aromatic carbocycles. The highest BCUT2D eigenvalue weighted by atomic mass is 32.2. The summed E-state index contributed by atoms with van der Waals surface area (Å²) in [5, 5.41) is 0.887. The number of hydrogen-bond acceptors (Lipinski definition) is 5. The summed E-state index contributed by atoms with van der Waals surface area (Å²) in [6.07, 6.45) is 3.17. The van der Waals surface area contributed by atoms with Gasteiger partial charge in [0, 0.05) is 11.8 Å². The number of thioether (sulfide) groups is 1. The van der Waals surface area contributed by atoms with Gasteiger partial charge in [0.05, 0.1) is 6.33 Å². The smallest absolute Gasteiger partial charge is 0.181 e. The Bertz CT molecular complexity index is 768. The lowest BCUT2D eigenvalue weighted by molar-refractivity contribution is 0.820. The number of nitrogens with zero attached hydrogens (tertiary/aromatic N) is 3. The molecule has 0 bridgehead atoms. The molecule has 3 N–H and O–H groups in total. The van der Waals surface area contributed by atoms with Gasteiger partial charge in [0.25, 0.3) is 0 Å². The van der Waals surface area contributed by atoms with Gasteiger partial charge < -0.3 is 10.7 Å². The van der Waals surface area contributed by atoms with Crippen LogP contribution in [-0.2, 0) is 0 Å². The Hall–Kier alpha value is -1.92. The zero-order chi connectivity index (χ0) is 14.8. The number of aromatic nitrogens is 4. The molecular weight excluding hydrogens is 282 g/mol. The van der Waals surface area contributed by atoms with Crippen LogP contribution >= 0.6 is 11.8 Å². The van der Waals surface area contributed by atoms with E-state index in [0.717, 1.165) is 16.3 Å². The largest absolute Gasteiger partial charge is 0.341 e. The van der Waals surface area contributed by atoms with Crippen molar-refractivity contribution in [2.24, 2.45) is 5.73 Å². The molecule has 0 saturated carbocycles. The fourth-order valence-corrected chi connectivity index (χ4v) is 3.20. The molecule has 2 aromatic heterocycles. The number of H-pyrrole nitrogens is 1. The average Bonchev–Trinajstić information content (AvgIpc) is 2.96. The zero-order valence-corrected chi connectivity index (χ0v) is 12.8. The quantitative estimate of drug-likeness (QED) is 0.572. The van der Waals surface area contributed by atoms with E-state index in [2.05, 4.69) is 52.0 Å². The van der Waals surface area contributed by atoms with Crippen LogP contribution in [0.3, 0.4) is 0 Å². The molecule has 6 heteroatoms. The lowest BCUT2D eigenvalue weighted by Crippen LogP contribution is -2.14. The third-order valence-corrected chi connectivity index (χ3v) is 4.53. The van der Waals surface area contributed by atoms with E-state index >= 15 is 0 Å². The van der Waals surface area contributed by atoms with Gasteiger partial charge >= 0.3 is 0 Å². The summed E-state index contributed by atoms with van der Waals surface area (Å²) in [6, 6.07) is 6.36. The van der Waals surface area contributed by atoms with E-state index in [4.69, 9.17) is 5.73 Å². The molecule has 0 radical (unpaired) electrons. The molecule has 1 atom stereocenters. The van der Waals surface area contributed by atoms with Crippen LogP contribution in [0.1, 0.15) is 22.7 Å². The van der Waals surface area contributed by atoms with Crippen LogP contribution in [0, 0.1) is 13.8 Å². The maximum absolute atomic E-state index is 6.34. The van der Waals surface area contributed by atoms with Crippen LogP contribution in [0.15, 0.2) is 35.9 Å². The van der Waals surface area contributed by atoms with E-state index in [9.17, 15) is 0 Å². The molecule has 0 fully saturated rings. The van der Waals surface area contributed by atoms with Crippen molar-refractivity contribution < 1.29 is 0 Å². The van der Waals surface area contributed by atoms with Gasteiger partial charge in [-0.15, -0.1) is 11.8 Å². The van der Waals surface area contributed by atoms with Crippen molar-refractivity contribution in [3.63, 3.8) is 0 Å². The summed E-state index contributed by atoms with van der Waals surface area (Å²) in [5.74, 6) is 0.759. The van der Waals surface area contributed by atoms with Crippen LogP contribution in [0.25, 0.3) is 11.2 Å². The van der Waals surface area contributed by atoms with Crippen molar-refractivity contribution in [1.82, 2.24) is 19.9 Å². The predicted octanol–water partition coefficient (Wildman–Crippen LogP) is 2.76. The van der Waals surface area contributed by atoms with Crippen LogP contribution in [-0.4, -0.2) is 25.7 Å². The summed E-state index contributed by atoms with van der Waals surface area (Å²) < 4.78 is 0. The molecule has 0 aliphatic rings. The molecular formula is C15H17N5S. The number of aromatic amines is 1. The first kappa shape index (κ1) is 14.0. The van der Waals surface area contributed by atoms with Gasteiger partial charge in [-0.2, -0.15) is 0 Å². The predicted molar refractivity (Wildman–Crippen MR) is 85.3 cm³/mol. The van der Waals surface area contributed by atoms with E-state index in [1.54, 1.807) is 18.1 Å². The first-order valence-electron chi connectivity index (χ1n) is 6.75. The normalized spacial score (nSPS) is 12.7. The Labute approximate surface area is 127 Å². The summed E-state index contributed by atoms with van der Waals surface area (Å²) in [7, 11) is 0. The molecule has 5 nitrogen and oxygen atoms in total. The highest BCUT2D eigenvalue weighted by Crippen LogP contribution is 2.27. The Kier molecular flexibility index (Phi) is 3.90. The number of imidazole rings is 1. The standard InChI is InChI=1S/C15H17N5S/c1-9-3-4-10(2)11(5-9)12(16)6-21-15-13-14(18-7-17-13)19-8-20-15/h3-5,7-8,12H,6,16H2,1-2H3,(H,17,18,19,20). The maximum Gasteiger partial charge on any atom is 0.181 e. The number of benzene rings is 1. The molecule has 3 rings (SSSR count). The average molecular weight is 299 g/mol. The van der Waals surface area contributed by atoms with Crippen molar-refractivity contribution >= 4 is 22.9 Å². The Balaban J connectivity index is 1.78. The van der Waals surface area contributed by atoms with Gasteiger partial charge in [-0.05, 0) is 25.0 Å². The molecule has 0 aliphatic heterocycles. The minimum absolute atomic E-state index is 0.0252. The van der Waals surface area contributed by atoms with Crippen molar-refractivity contribution in [3.8, 4) is 0 Å². The zero-order valence-electron chi connectivity index (χ0n) is 12.0. The lowest BCUT2D eigenvalue weighted by Gasteiger charge is -2.15. The third kappa shape index (κ3) is 2.91. The van der Waals surface area contributed by atoms with Crippen LogP contribution in [0.5, 0.6) is 0 Å². The number of rotatable bonds is 4. The Morgan fingerprint density at radius 2 is 2.10 bits per heavy atom. The fourth-order valence-electron chi connectivity index (χ4n) is 2.27. The third-order valence-electron chi connectivity index (χ3n) is 3.42. The van der Waals surface area contributed by atoms with E-state index in [1.165, 1.54) is 23.0 Å². The molecule has 0 spiro atoms. The second kappa shape index (κ2) is 5.83. The number of hydrogen-bond donors (Lipinski definition) is 2. The van der Waals surface area contributed by atoms with Crippen molar-refractivity contribution in [3.05, 3.63) is 47.5 Å². The first-order valence-corrected chi connectivity index (χ1v) is 7.73. The Morgan fingerprint density at radius 3 is 2.95 bits per heavy atom. The monoisotopic (exact) mass is 299 g/mol. The summed E-state index contributed by atoms with van der Waals surface area (Å²) in [6.45, 7) is 4.18. The van der Waals surface area contributed by atoms with Gasteiger partial charge in [0.1, 0.15) is 16.9 Å². The van der Waals surface area contributed by atoms with Gasteiger partial charge in [0.2, 0.25) is 0 Å². The SMILES string of the molecule is Cc1ccc(C)c(C(N)CSc2ncnc3nc[nH]c23)c1. The van der Waals surface area contributed by atoms with Gasteiger partial charge in [-0.25, -0.2) is 15.0 Å². The van der Waals surface area contributed by atoms with Crippen LogP contribution in [0.4, 0.5) is 0 Å². The highest BCUT2D eigenvalue weighted by molar-refractivity contribution is 7.99. The molecule has 21 heavy (non-hydrogen) atoms. The van der Waals surface area contributed by atoms with Crippen molar-refractivity contribution in [2.45, 2.75) is 24.9 Å². The molecule has 0 saturated heterocycles. The van der Waals surface area contributed by atoms with Gasteiger partial charge in [0.15, 0.2) is 5.65 Å². The van der Waals surface area contributed by atoms with Crippen molar-refractivity contribution in [2.75, 3.05) is 5.75 Å². The number of fused-ring (bicyclic) bond motifs is 1. The molecule has 1 unspecified atom stereocenters. The summed E-state index contributed by atoms with van der Waals surface area (Å²) in [4.78, 5) is 15.6. The van der Waals surface area contributed by atoms with E-state index in [-0.39, 0.29) is 6.04 Å². The second-order valence-corrected chi connectivity index (χ2v) is 6.07. The fraction of sp³-hybridized carbons (Fsp3) is 0.267. The van der Waals surface area contributed by atoms with Crippen molar-refractivity contribution in [1.29, 1.82) is 0 Å². The van der Waals surface area contributed by atoms with Crippen LogP contribution in [0.2, 0.25) is 0 Å². The van der Waals surface area contributed by atoms with E-state index in [0.29, 0.717) is 5.65 Å². The van der Waals surface area contributed by atoms with E-state index < -0.39 is 0 Å². The molecule has 0 aliphatic carbocycles. The van der Waals surface area contributed by atoms with Crippen LogP contribution < -0.4 is 5.73 Å². The summed E-state index contributed by atoms with van der Waals surface area (Å²) >= 11 is 1.62. The van der Waals surface area contributed by atoms with Gasteiger partial charge in [-0.1, -0.05) is 23.8 Å². The number of nitrogens with two attached hydrogens (primary N) is 1. The highest BCUT2D eigenvalue weighted by Gasteiger charge is 2.12. The summed E-state index contributed by atoms with van der Waals surface area (Å²) in [5.41, 5.74) is 11.5. The Morgan fingerprint density at radius 1 is 1.24 bits per heavy atom. The molecule has 3 aromatic rings. The maximum atomic E-state index is 6.34. The molecule has 0 amide bonds. The topological polar surface area (TPSA) is 80.5 Å². The van der Waals surface area contributed by atoms with Gasteiger partial charge in [-0.3, -0.25) is 0 Å². The minimum atomic E-state index is -0.0252.